The minimum Gasteiger partial charge on any atom is -0.508 e. The van der Waals surface area contributed by atoms with Crippen LogP contribution in [0.4, 0.5) is 0 Å². The van der Waals surface area contributed by atoms with Crippen molar-refractivity contribution in [2.45, 2.75) is 144 Å². The third-order valence-corrected chi connectivity index (χ3v) is 20.0. The second kappa shape index (κ2) is 31.9. The Morgan fingerprint density at radius 1 is 0.561 bits per heavy atom. The molecule has 7 aromatic rings. The van der Waals surface area contributed by atoms with Crippen LogP contribution in [-0.4, -0.2) is 141 Å². The predicted octanol–water partition coefficient (Wildman–Crippen LogP) is 6.39. The number of halogens is 2. The second-order valence-corrected chi connectivity index (χ2v) is 27.7. The monoisotopic (exact) mass is 1510 g/mol. The summed E-state index contributed by atoms with van der Waals surface area (Å²) < 4.78 is 26.5. The van der Waals surface area contributed by atoms with Gasteiger partial charge in [0.1, 0.15) is 94.8 Å². The molecular formula is C75H76Cl2N8O22. The number of ether oxygens (including phenoxy) is 4. The van der Waals surface area contributed by atoms with Crippen molar-refractivity contribution in [2.75, 3.05) is 6.61 Å². The summed E-state index contributed by atoms with van der Waals surface area (Å²) in [5.41, 5.74) is 4.10. The molecule has 19 N–H and O–H groups in total. The molecule has 0 spiro atoms. The van der Waals surface area contributed by atoms with Gasteiger partial charge < -0.3 is 113 Å². The van der Waals surface area contributed by atoms with Crippen LogP contribution in [0, 0.1) is 5.92 Å². The lowest BCUT2D eigenvalue weighted by Crippen LogP contribution is -2.62. The number of benzene rings is 7. The molecule has 7 aliphatic rings. The molecule has 107 heavy (non-hydrogen) atoms. The van der Waals surface area contributed by atoms with E-state index in [1.54, 1.807) is 0 Å². The lowest BCUT2D eigenvalue weighted by atomic mass is 9.79. The van der Waals surface area contributed by atoms with Gasteiger partial charge in [-0.25, -0.2) is 4.79 Å². The van der Waals surface area contributed by atoms with Crippen molar-refractivity contribution in [3.8, 4) is 80.1 Å². The minimum absolute atomic E-state index is 0.00851. The number of carbonyl (C=O) groups is 8. The van der Waals surface area contributed by atoms with Gasteiger partial charge in [0.05, 0.1) is 22.2 Å². The van der Waals surface area contributed by atoms with Crippen molar-refractivity contribution in [1.82, 2.24) is 37.2 Å². The lowest BCUT2D eigenvalue weighted by molar-refractivity contribution is -0.143. The number of nitrogens with one attached hydrogen (secondary N) is 7. The van der Waals surface area contributed by atoms with Crippen molar-refractivity contribution < 1.29 is 108 Å². The highest BCUT2D eigenvalue weighted by Crippen LogP contribution is 2.50. The summed E-state index contributed by atoms with van der Waals surface area (Å²) in [6.07, 6.45) is -1.76. The number of carboxylic acid groups (broad SMARTS) is 1. The largest absolute Gasteiger partial charge is 0.508 e. The van der Waals surface area contributed by atoms with Crippen molar-refractivity contribution in [3.63, 3.8) is 0 Å². The van der Waals surface area contributed by atoms with Gasteiger partial charge in [0.2, 0.25) is 47.1 Å². The van der Waals surface area contributed by atoms with Crippen LogP contribution in [0.3, 0.4) is 0 Å². The van der Waals surface area contributed by atoms with Gasteiger partial charge in [0, 0.05) is 54.2 Å². The summed E-state index contributed by atoms with van der Waals surface area (Å²) in [7, 11) is 0. The van der Waals surface area contributed by atoms with E-state index < -0.39 is 207 Å². The topological polar surface area (TPSA) is 486 Å². The van der Waals surface area contributed by atoms with Gasteiger partial charge in [-0.2, -0.15) is 0 Å². The Hall–Kier alpha value is -11.1. The normalized spacial score (nSPS) is 24.2. The molecule has 0 radical (unpaired) electrons. The SMILES string of the molecule is CCCCCCCCCC(=O)N[C@@H]1[C@@H](O)[C@H](O)[C@@H](CO)C[C@H]1Oc1c2cc3cc1Oc1ccc(cc1Cl)[C@@H](O)[C@@H]1NC(=O)[C@H](NC(=O)[C@@H]3NC(=O)[C@H]3NC(=O)[C@@H](Cc4ccc(c(Cl)c4)O2)NC(=O)[C@H](N)c2ccc(O)c(c2)Oc2cc(O)cc3c2)c2ccc(O)c(c2)-c2c(O)cc(O)cc2[C@@H](C(=O)O)NC1=O. The summed E-state index contributed by atoms with van der Waals surface area (Å²) in [5, 5.41) is 132. The molecule has 13 atom stereocenters. The van der Waals surface area contributed by atoms with Crippen molar-refractivity contribution in [2.24, 2.45) is 11.7 Å². The van der Waals surface area contributed by atoms with Crippen LogP contribution >= 0.6 is 23.2 Å². The van der Waals surface area contributed by atoms with Gasteiger partial charge in [0.15, 0.2) is 29.0 Å². The number of unbranched alkanes of at least 4 members (excludes halogenated alkanes) is 6. The third kappa shape index (κ3) is 16.3. The molecule has 17 bridgehead atoms. The standard InChI is InChI=1S/C75H76Cl2N8O22/c1-2-3-4-5-6-7-8-9-56(92)80-63-53(27-38(31-86)66(94)67(63)95)107-68-54-25-37-26-55(68)106-51-17-13-35(23-45(51)77)65(93)64-74(101)84-62(75(102)103)43-29-40(88)30-49(91)57(43)42-22-34(12-14-47(42)89)59(71(98)85-64)82-73(100)61(37)83-72(99)60-36-20-39(87)28-41(21-36)104-52-24-33(11-15-48(52)90)58(78)70(97)79-46(69(96)81-60)19-32-10-16-50(105-54)44(76)18-32/h10-18,20-26,28-30,38,46,53,58-67,86-91,93-95H,2-9,19,27,31,78H2,1H3,(H,79,97)(H,80,92)(H,81,96)(H,82,100)(H,83,99)(H,84,101)(H,85,98)(H,102,103)/t38-,46-,53-,58-,59-,60+,61-,62+,63+,64+,65-,66-,67-/m1/s1. The van der Waals surface area contributed by atoms with E-state index in [0.29, 0.717) is 12.8 Å². The van der Waals surface area contributed by atoms with Gasteiger partial charge in [-0.05, 0) is 125 Å². The summed E-state index contributed by atoms with van der Waals surface area (Å²) in [5.74, 6) is -16.9. The fraction of sp³-hybridized carbons (Fsp3) is 0.333. The van der Waals surface area contributed by atoms with Crippen LogP contribution in [0.15, 0.2) is 115 Å². The number of aromatic hydroxyl groups is 5. The number of aliphatic hydroxyl groups is 4. The molecule has 0 saturated heterocycles. The van der Waals surface area contributed by atoms with Crippen LogP contribution in [0.1, 0.15) is 140 Å². The molecule has 7 aromatic carbocycles. The van der Waals surface area contributed by atoms with E-state index in [4.69, 9.17) is 47.9 Å². The van der Waals surface area contributed by atoms with Crippen LogP contribution in [0.5, 0.6) is 69.0 Å². The number of phenols is 5. The smallest absolute Gasteiger partial charge is 0.330 e. The number of rotatable bonds is 13. The number of hydrogen-bond acceptors (Lipinski definition) is 22. The Morgan fingerprint density at radius 2 is 1.16 bits per heavy atom. The molecule has 32 heteroatoms. The van der Waals surface area contributed by atoms with E-state index in [1.165, 1.54) is 54.6 Å². The van der Waals surface area contributed by atoms with E-state index in [2.05, 4.69) is 44.1 Å². The maximum Gasteiger partial charge on any atom is 0.330 e. The highest BCUT2D eigenvalue weighted by atomic mass is 35.5. The van der Waals surface area contributed by atoms with Gasteiger partial charge in [-0.1, -0.05) is 92.9 Å². The zero-order chi connectivity index (χ0) is 76.4. The Morgan fingerprint density at radius 3 is 1.83 bits per heavy atom. The Kier molecular flexibility index (Phi) is 22.5. The average Bonchev–Trinajstić information content (AvgIpc) is 0.767. The first-order valence-electron chi connectivity index (χ1n) is 34.4. The molecule has 0 unspecified atom stereocenters. The number of carboxylic acids is 1. The molecule has 6 heterocycles. The second-order valence-electron chi connectivity index (χ2n) is 26.9. The average molecular weight is 1510 g/mol. The van der Waals surface area contributed by atoms with Crippen molar-refractivity contribution in [3.05, 3.63) is 164 Å². The number of phenolic OH excluding ortho intramolecular Hbond substituents is 5. The minimum atomic E-state index is -2.30. The van der Waals surface area contributed by atoms with Gasteiger partial charge in [-0.15, -0.1) is 0 Å². The first-order valence-corrected chi connectivity index (χ1v) is 35.2. The van der Waals surface area contributed by atoms with Crippen LogP contribution < -0.4 is 61.9 Å². The van der Waals surface area contributed by atoms with Gasteiger partial charge >= 0.3 is 5.97 Å². The van der Waals surface area contributed by atoms with Crippen LogP contribution in [-0.2, 0) is 44.8 Å². The van der Waals surface area contributed by atoms with E-state index in [1.807, 2.05) is 0 Å². The third-order valence-electron chi connectivity index (χ3n) is 19.4. The van der Waals surface area contributed by atoms with Crippen molar-refractivity contribution >= 4 is 70.5 Å². The summed E-state index contributed by atoms with van der Waals surface area (Å²) in [6.45, 7) is 1.38. The first kappa shape index (κ1) is 75.6. The number of hydrogen-bond donors (Lipinski definition) is 18. The number of aliphatic carboxylic acids is 1. The number of carbonyl (C=O) groups excluding carboxylic acids is 7. The Balaban J connectivity index is 1.10. The summed E-state index contributed by atoms with van der Waals surface area (Å²) >= 11 is 14.3. The molecular weight excluding hydrogens is 1440 g/mol. The lowest BCUT2D eigenvalue weighted by Gasteiger charge is -2.42. The number of nitrogens with two attached hydrogens (primary N) is 1. The van der Waals surface area contributed by atoms with E-state index in [9.17, 15) is 70.2 Å². The fourth-order valence-electron chi connectivity index (χ4n) is 13.8. The molecule has 7 amide bonds. The molecule has 562 valence electrons. The Bertz CT molecular complexity index is 4680. The molecule has 6 aliphatic heterocycles. The number of aliphatic hydroxyl groups excluding tert-OH is 4. The number of amides is 7. The fourth-order valence-corrected chi connectivity index (χ4v) is 14.2. The molecule has 1 fully saturated rings. The quantitative estimate of drug-likeness (QED) is 0.0556. The molecule has 1 aliphatic carbocycles. The maximum absolute atomic E-state index is 16.3. The zero-order valence-electron chi connectivity index (χ0n) is 57.0. The van der Waals surface area contributed by atoms with E-state index >= 15 is 19.2 Å². The Labute approximate surface area is 619 Å². The molecule has 0 aromatic heterocycles. The van der Waals surface area contributed by atoms with Crippen LogP contribution in [0.2, 0.25) is 10.0 Å². The molecule has 14 rings (SSSR count). The highest BCUT2D eigenvalue weighted by Gasteiger charge is 2.47. The summed E-state index contributed by atoms with van der Waals surface area (Å²) in [4.78, 5) is 120. The molecule has 1 saturated carbocycles. The van der Waals surface area contributed by atoms with Crippen LogP contribution in [0.25, 0.3) is 11.1 Å². The number of fused-ring (bicyclic) bond motifs is 14. The first-order chi connectivity index (χ1) is 51.1. The molecule has 30 nitrogen and oxygen atoms in total. The highest BCUT2D eigenvalue weighted by molar-refractivity contribution is 6.32. The van der Waals surface area contributed by atoms with Gasteiger partial charge in [-0.3, -0.25) is 33.6 Å². The predicted molar refractivity (Wildman–Crippen MR) is 379 cm³/mol. The van der Waals surface area contributed by atoms with Gasteiger partial charge in [0.25, 0.3) is 0 Å². The maximum atomic E-state index is 16.3. The summed E-state index contributed by atoms with van der Waals surface area (Å²) in [6, 6.07) is 6.02. The van der Waals surface area contributed by atoms with E-state index in [0.717, 1.165) is 92.8 Å². The van der Waals surface area contributed by atoms with E-state index in [-0.39, 0.29) is 73.7 Å². The van der Waals surface area contributed by atoms with Crippen molar-refractivity contribution in [1.29, 1.82) is 0 Å². The zero-order valence-corrected chi connectivity index (χ0v) is 58.5.